The number of carboxylic acids is 2. The van der Waals surface area contributed by atoms with Gasteiger partial charge in [0.2, 0.25) is 11.8 Å². The van der Waals surface area contributed by atoms with Crippen LogP contribution in [0.15, 0.2) is 24.0 Å². The van der Waals surface area contributed by atoms with E-state index in [0.29, 0.717) is 24.9 Å². The van der Waals surface area contributed by atoms with E-state index in [4.69, 9.17) is 24.4 Å². The van der Waals surface area contributed by atoms with Gasteiger partial charge in [0.25, 0.3) is 0 Å². The number of phenolic OH excluding ortho intramolecular Hbond substituents is 1. The molecule has 6 atom stereocenters. The Morgan fingerprint density at radius 2 is 1.58 bits per heavy atom. The van der Waals surface area contributed by atoms with Crippen LogP contribution >= 0.6 is 0 Å². The fourth-order valence-electron chi connectivity index (χ4n) is 7.32. The van der Waals surface area contributed by atoms with Crippen molar-refractivity contribution in [2.24, 2.45) is 0 Å². The van der Waals surface area contributed by atoms with Gasteiger partial charge in [0.1, 0.15) is 11.4 Å². The average Bonchev–Trinajstić information content (AvgIpc) is 3.37. The predicted molar refractivity (Wildman–Crippen MR) is 158 cm³/mol. The summed E-state index contributed by atoms with van der Waals surface area (Å²) in [5.74, 6) is -5.85. The fraction of sp³-hybridized carbons (Fsp3) is 0.548. The number of aliphatic hydroxyl groups is 2. The maximum atomic E-state index is 13.4. The molecule has 0 radical (unpaired) electrons. The third-order valence-corrected chi connectivity index (χ3v) is 9.47. The quantitative estimate of drug-likeness (QED) is 0.110. The molecule has 0 aromatic heterocycles. The molecule has 7 N–H and O–H groups in total. The molecule has 1 saturated heterocycles. The van der Waals surface area contributed by atoms with Crippen LogP contribution in [0.5, 0.6) is 11.5 Å². The average molecular weight is 676 g/mol. The third kappa shape index (κ3) is 6.15. The number of aliphatic hydroxyl groups excluding tert-OH is 2. The molecule has 1 spiro atoms. The summed E-state index contributed by atoms with van der Waals surface area (Å²) in [4.78, 5) is 74.0. The number of benzene rings is 1. The van der Waals surface area contributed by atoms with Gasteiger partial charge in [-0.2, -0.15) is 0 Å². The molecule has 1 fully saturated rings. The molecule has 0 saturated carbocycles. The number of likely N-dealkylation sites (N-methyl/N-ethyl adjacent to an activating group) is 1. The third-order valence-electron chi connectivity index (χ3n) is 9.47. The zero-order valence-corrected chi connectivity index (χ0v) is 26.0. The first kappa shape index (κ1) is 34.6. The molecule has 2 aliphatic carbocycles. The number of aliphatic carboxylic acids is 2. The first-order valence-electron chi connectivity index (χ1n) is 15.4. The first-order chi connectivity index (χ1) is 22.7. The van der Waals surface area contributed by atoms with Crippen molar-refractivity contribution in [3.63, 3.8) is 0 Å². The Labute approximate surface area is 273 Å². The van der Waals surface area contributed by atoms with Gasteiger partial charge in [0, 0.05) is 25.1 Å². The Balaban J connectivity index is 1.36. The molecular formula is C31H37N3O14. The molecule has 2 amide bonds. The minimum absolute atomic E-state index is 0.103. The minimum atomic E-state index is -1.88. The second kappa shape index (κ2) is 13.4. The summed E-state index contributed by atoms with van der Waals surface area (Å²) in [6.07, 6.45) is -4.14. The highest BCUT2D eigenvalue weighted by Gasteiger charge is 2.74. The maximum absolute atomic E-state index is 13.4. The molecule has 48 heavy (non-hydrogen) atoms. The number of hydrogen-bond donors (Lipinski definition) is 7. The number of carbonyl (C=O) groups excluding carboxylic acids is 4. The van der Waals surface area contributed by atoms with E-state index in [1.807, 2.05) is 7.05 Å². The van der Waals surface area contributed by atoms with Crippen LogP contribution in [0.2, 0.25) is 0 Å². The Bertz CT molecular complexity index is 1560. The largest absolute Gasteiger partial charge is 0.504 e. The number of nitrogens with zero attached hydrogens (tertiary/aromatic N) is 1. The van der Waals surface area contributed by atoms with Crippen LogP contribution in [0.25, 0.3) is 0 Å². The lowest BCUT2D eigenvalue weighted by molar-refractivity contribution is -0.206. The van der Waals surface area contributed by atoms with E-state index < -0.39 is 77.9 Å². The lowest BCUT2D eigenvalue weighted by Gasteiger charge is -2.62. The van der Waals surface area contributed by atoms with E-state index in [1.165, 1.54) is 6.07 Å². The normalized spacial score (nSPS) is 26.1. The summed E-state index contributed by atoms with van der Waals surface area (Å²) < 4.78 is 18.5. The number of rotatable bonds is 14. The van der Waals surface area contributed by atoms with Crippen molar-refractivity contribution >= 4 is 35.7 Å². The van der Waals surface area contributed by atoms with Crippen molar-refractivity contribution in [1.29, 1.82) is 0 Å². The summed E-state index contributed by atoms with van der Waals surface area (Å²) in [5, 5.41) is 52.0. The number of ether oxygens (including phenoxy) is 3. The number of amides is 2. The number of phenols is 1. The summed E-state index contributed by atoms with van der Waals surface area (Å²) in [7, 11) is 1.90. The molecule has 2 bridgehead atoms. The van der Waals surface area contributed by atoms with E-state index in [0.717, 1.165) is 5.56 Å². The highest BCUT2D eigenvalue weighted by molar-refractivity contribution is 5.84. The molecule has 17 heteroatoms. The molecule has 2 aliphatic heterocycles. The van der Waals surface area contributed by atoms with Crippen LogP contribution in [-0.4, -0.2) is 123 Å². The number of hydrogen-bond acceptors (Lipinski definition) is 13. The zero-order valence-electron chi connectivity index (χ0n) is 26.0. The maximum Gasteiger partial charge on any atom is 0.333 e. The van der Waals surface area contributed by atoms with E-state index in [-0.39, 0.29) is 55.7 Å². The Hall–Kier alpha value is -4.74. The van der Waals surface area contributed by atoms with Gasteiger partial charge in [-0.3, -0.25) is 24.1 Å². The van der Waals surface area contributed by atoms with E-state index in [2.05, 4.69) is 15.5 Å². The van der Waals surface area contributed by atoms with Crippen molar-refractivity contribution in [2.45, 2.75) is 80.3 Å². The van der Waals surface area contributed by atoms with E-state index in [1.54, 1.807) is 12.1 Å². The lowest BCUT2D eigenvalue weighted by atomic mass is 9.50. The van der Waals surface area contributed by atoms with Crippen LogP contribution in [0, 0.1) is 0 Å². The molecule has 2 heterocycles. The number of nitrogens with one attached hydrogen (secondary N) is 2. The van der Waals surface area contributed by atoms with Crippen LogP contribution in [0.1, 0.15) is 49.7 Å². The summed E-state index contributed by atoms with van der Waals surface area (Å²) in [5.41, 5.74) is -0.795. The molecule has 1 aromatic rings. The highest BCUT2D eigenvalue weighted by atomic mass is 16.6. The van der Waals surface area contributed by atoms with Crippen LogP contribution in [0.4, 0.5) is 0 Å². The number of carboxylic acid groups (broad SMARTS) is 2. The van der Waals surface area contributed by atoms with Crippen molar-refractivity contribution < 1.29 is 68.5 Å². The summed E-state index contributed by atoms with van der Waals surface area (Å²) >= 11 is 0. The van der Waals surface area contributed by atoms with Gasteiger partial charge in [-0.15, -0.1) is 0 Å². The second-order valence-corrected chi connectivity index (χ2v) is 12.3. The zero-order chi connectivity index (χ0) is 35.0. The number of piperidine rings is 1. The first-order valence-corrected chi connectivity index (χ1v) is 15.4. The van der Waals surface area contributed by atoms with Gasteiger partial charge in [-0.25, -0.2) is 9.59 Å². The molecular weight excluding hydrogens is 638 g/mol. The summed E-state index contributed by atoms with van der Waals surface area (Å²) in [6, 6.07) is 2.95. The van der Waals surface area contributed by atoms with Gasteiger partial charge in [0.15, 0.2) is 29.8 Å². The SMILES string of the molecule is CN1CC[C@]23c4c5ccc(O)c4O[C@H]2C(OC(=O)CCNC(=O)C[C@H](O)C(=O)O)=CC[C@@]3(OC(=O)CCNC(=O)C[C@H](O)C(=O)O)[C@H]1C5. The van der Waals surface area contributed by atoms with Crippen LogP contribution in [-0.2, 0) is 50.1 Å². The Morgan fingerprint density at radius 1 is 0.979 bits per heavy atom. The van der Waals surface area contributed by atoms with Crippen molar-refractivity contribution in [1.82, 2.24) is 15.5 Å². The predicted octanol–water partition coefficient (Wildman–Crippen LogP) is -1.55. The van der Waals surface area contributed by atoms with Crippen LogP contribution in [0.3, 0.4) is 0 Å². The van der Waals surface area contributed by atoms with Gasteiger partial charge in [0.05, 0.1) is 37.1 Å². The fourth-order valence-corrected chi connectivity index (χ4v) is 7.32. The molecule has 5 rings (SSSR count). The number of carbonyl (C=O) groups is 6. The Morgan fingerprint density at radius 3 is 2.19 bits per heavy atom. The monoisotopic (exact) mass is 675 g/mol. The van der Waals surface area contributed by atoms with E-state index in [9.17, 15) is 44.1 Å². The summed E-state index contributed by atoms with van der Waals surface area (Å²) in [6.45, 7) is 0.176. The molecule has 1 aromatic carbocycles. The topological polar surface area (TPSA) is 259 Å². The van der Waals surface area contributed by atoms with Crippen molar-refractivity contribution in [3.8, 4) is 11.5 Å². The van der Waals surface area contributed by atoms with Gasteiger partial charge < -0.3 is 50.4 Å². The van der Waals surface area contributed by atoms with Crippen molar-refractivity contribution in [3.05, 3.63) is 35.1 Å². The smallest absolute Gasteiger partial charge is 0.333 e. The molecule has 260 valence electrons. The van der Waals surface area contributed by atoms with Crippen LogP contribution < -0.4 is 15.4 Å². The molecule has 0 unspecified atom stereocenters. The lowest BCUT2D eigenvalue weighted by Crippen LogP contribution is -2.75. The Kier molecular flexibility index (Phi) is 9.66. The molecule has 17 nitrogen and oxygen atoms in total. The minimum Gasteiger partial charge on any atom is -0.504 e. The molecule has 4 aliphatic rings. The number of aromatic hydroxyl groups is 1. The van der Waals surface area contributed by atoms with Gasteiger partial charge in [-0.05, 0) is 44.1 Å². The number of likely N-dealkylation sites (tertiary alicyclic amines) is 1. The van der Waals surface area contributed by atoms with E-state index >= 15 is 0 Å². The van der Waals surface area contributed by atoms with Gasteiger partial charge in [-0.1, -0.05) is 6.07 Å². The van der Waals surface area contributed by atoms with Gasteiger partial charge >= 0.3 is 23.9 Å². The number of esters is 2. The standard InChI is InChI=1S/C31H37N3O14/c1-34-11-8-30-25-15-2-3-16(35)26(25)47-27(30)19(46-23(40)5-9-32-21(38)13-17(36)28(42)43)4-7-31(30,20(34)12-15)48-24(41)6-10-33-22(39)14-18(37)29(44)45/h2-4,17-18,20,27,35-37H,5-14H2,1H3,(H,32,38)(H,33,39)(H,42,43)(H,44,45)/t17-,18-,20+,27-,30-,31+/m0/s1. The second-order valence-electron chi connectivity index (χ2n) is 12.3. The van der Waals surface area contributed by atoms with Crippen molar-refractivity contribution in [2.75, 3.05) is 26.7 Å². The highest BCUT2D eigenvalue weighted by Crippen LogP contribution is 2.66.